The molecule has 1 amide bonds. The van der Waals surface area contributed by atoms with E-state index in [1.165, 1.54) is 0 Å². The molecule has 1 aromatic carbocycles. The second kappa shape index (κ2) is 7.54. The standard InChI is InChI=1S/C15H19F2NO6/c1-15(2,3)24-14(23)18-6-10(19)12(20)7-4-8(16)11(13(21)22)9(17)5-7/h4-5,10,12,19-20H,6H2,1-3H3,(H,18,23)(H,21,22). The number of hydrogen-bond donors (Lipinski definition) is 4. The lowest BCUT2D eigenvalue weighted by Crippen LogP contribution is -2.38. The summed E-state index contributed by atoms with van der Waals surface area (Å²) in [5.41, 5.74) is -2.28. The maximum Gasteiger partial charge on any atom is 0.407 e. The minimum Gasteiger partial charge on any atom is -0.477 e. The van der Waals surface area contributed by atoms with Crippen molar-refractivity contribution >= 4 is 12.1 Å². The summed E-state index contributed by atoms with van der Waals surface area (Å²) in [6, 6.07) is 1.21. The van der Waals surface area contributed by atoms with Crippen LogP contribution in [0, 0.1) is 11.6 Å². The van der Waals surface area contributed by atoms with Crippen molar-refractivity contribution in [2.45, 2.75) is 38.6 Å². The van der Waals surface area contributed by atoms with Crippen LogP contribution in [0.1, 0.15) is 42.8 Å². The van der Waals surface area contributed by atoms with Crippen molar-refractivity contribution in [3.8, 4) is 0 Å². The number of rotatable bonds is 5. The number of amides is 1. The highest BCUT2D eigenvalue weighted by Crippen LogP contribution is 2.22. The van der Waals surface area contributed by atoms with Gasteiger partial charge in [0.2, 0.25) is 0 Å². The number of aliphatic hydroxyl groups excluding tert-OH is 2. The molecule has 4 N–H and O–H groups in total. The van der Waals surface area contributed by atoms with E-state index in [1.807, 2.05) is 0 Å². The van der Waals surface area contributed by atoms with Crippen molar-refractivity contribution < 1.29 is 38.4 Å². The Balaban J connectivity index is 2.78. The maximum absolute atomic E-state index is 13.6. The number of halogens is 2. The van der Waals surface area contributed by atoms with Crippen molar-refractivity contribution in [1.29, 1.82) is 0 Å². The van der Waals surface area contributed by atoms with E-state index in [9.17, 15) is 28.6 Å². The van der Waals surface area contributed by atoms with Gasteiger partial charge in [-0.15, -0.1) is 0 Å². The van der Waals surface area contributed by atoms with Crippen LogP contribution in [-0.2, 0) is 4.74 Å². The van der Waals surface area contributed by atoms with Gasteiger partial charge in [-0.1, -0.05) is 0 Å². The summed E-state index contributed by atoms with van der Waals surface area (Å²) in [7, 11) is 0. The van der Waals surface area contributed by atoms with Crippen molar-refractivity contribution in [2.24, 2.45) is 0 Å². The van der Waals surface area contributed by atoms with Crippen molar-refractivity contribution in [2.75, 3.05) is 6.54 Å². The van der Waals surface area contributed by atoms with E-state index >= 15 is 0 Å². The van der Waals surface area contributed by atoms with Crippen LogP contribution in [-0.4, -0.2) is 45.6 Å². The highest BCUT2D eigenvalue weighted by Gasteiger charge is 2.25. The molecule has 0 aliphatic rings. The molecule has 0 radical (unpaired) electrons. The number of alkyl carbamates (subject to hydrolysis) is 1. The summed E-state index contributed by atoms with van der Waals surface area (Å²) >= 11 is 0. The summed E-state index contributed by atoms with van der Waals surface area (Å²) in [5.74, 6) is -4.56. The van der Waals surface area contributed by atoms with Crippen LogP contribution < -0.4 is 5.32 Å². The SMILES string of the molecule is CC(C)(C)OC(=O)NCC(O)C(O)c1cc(F)c(C(=O)O)c(F)c1. The summed E-state index contributed by atoms with van der Waals surface area (Å²) in [5, 5.41) is 30.6. The fraction of sp³-hybridized carbons (Fsp3) is 0.467. The van der Waals surface area contributed by atoms with Crippen molar-refractivity contribution in [3.05, 3.63) is 34.9 Å². The van der Waals surface area contributed by atoms with E-state index in [1.54, 1.807) is 20.8 Å². The summed E-state index contributed by atoms with van der Waals surface area (Å²) in [6.07, 6.45) is -4.17. The Labute approximate surface area is 136 Å². The molecular weight excluding hydrogens is 328 g/mol. The molecule has 0 heterocycles. The van der Waals surface area contributed by atoms with E-state index in [0.29, 0.717) is 12.1 Å². The van der Waals surface area contributed by atoms with Gasteiger partial charge < -0.3 is 25.4 Å². The number of carbonyl (C=O) groups excluding carboxylic acids is 1. The Kier molecular flexibility index (Phi) is 6.22. The third-order valence-electron chi connectivity index (χ3n) is 2.84. The number of carbonyl (C=O) groups is 2. The first kappa shape index (κ1) is 19.8. The van der Waals surface area contributed by atoms with Crippen LogP contribution >= 0.6 is 0 Å². The maximum atomic E-state index is 13.6. The molecule has 9 heteroatoms. The largest absolute Gasteiger partial charge is 0.477 e. The molecule has 7 nitrogen and oxygen atoms in total. The predicted molar refractivity (Wildman–Crippen MR) is 78.5 cm³/mol. The third kappa shape index (κ3) is 5.43. The van der Waals surface area contributed by atoms with Crippen LogP contribution in [0.15, 0.2) is 12.1 Å². The lowest BCUT2D eigenvalue weighted by molar-refractivity contribution is 0.0126. The Bertz CT molecular complexity index is 606. The average molecular weight is 347 g/mol. The highest BCUT2D eigenvalue weighted by molar-refractivity contribution is 5.88. The molecule has 2 atom stereocenters. The van der Waals surface area contributed by atoms with Gasteiger partial charge in [-0.3, -0.25) is 0 Å². The molecule has 0 bridgehead atoms. The first-order valence-corrected chi connectivity index (χ1v) is 6.97. The fourth-order valence-electron chi connectivity index (χ4n) is 1.80. The van der Waals surface area contributed by atoms with Gasteiger partial charge in [0.05, 0.1) is 0 Å². The van der Waals surface area contributed by atoms with E-state index in [0.717, 1.165) is 0 Å². The third-order valence-corrected chi connectivity index (χ3v) is 2.84. The zero-order valence-electron chi connectivity index (χ0n) is 13.3. The molecule has 0 aromatic heterocycles. The normalized spacial score (nSPS) is 14.0. The molecule has 0 saturated heterocycles. The number of aliphatic hydroxyl groups is 2. The number of benzene rings is 1. The first-order valence-electron chi connectivity index (χ1n) is 6.97. The zero-order chi connectivity index (χ0) is 18.7. The van der Waals surface area contributed by atoms with Gasteiger partial charge in [-0.2, -0.15) is 0 Å². The van der Waals surface area contributed by atoms with Gasteiger partial charge in [0, 0.05) is 6.54 Å². The summed E-state index contributed by atoms with van der Waals surface area (Å²) < 4.78 is 32.1. The van der Waals surface area contributed by atoms with E-state index in [2.05, 4.69) is 5.32 Å². The quantitative estimate of drug-likeness (QED) is 0.643. The second-order valence-corrected chi connectivity index (χ2v) is 6.06. The van der Waals surface area contributed by atoms with Gasteiger partial charge in [0.15, 0.2) is 0 Å². The summed E-state index contributed by atoms with van der Waals surface area (Å²) in [6.45, 7) is 4.45. The molecule has 0 saturated carbocycles. The molecule has 1 aromatic rings. The van der Waals surface area contributed by atoms with Crippen LogP contribution in [0.3, 0.4) is 0 Å². The molecular formula is C15H19F2NO6. The predicted octanol–water partition coefficient (Wildman–Crippen LogP) is 1.58. The van der Waals surface area contributed by atoms with E-state index < -0.39 is 53.6 Å². The second-order valence-electron chi connectivity index (χ2n) is 6.06. The summed E-state index contributed by atoms with van der Waals surface area (Å²) in [4.78, 5) is 22.1. The number of carboxylic acids is 1. The van der Waals surface area contributed by atoms with Crippen LogP contribution in [0.25, 0.3) is 0 Å². The van der Waals surface area contributed by atoms with Crippen LogP contribution in [0.4, 0.5) is 13.6 Å². The zero-order valence-corrected chi connectivity index (χ0v) is 13.3. The minimum absolute atomic E-state index is 0.367. The lowest BCUT2D eigenvalue weighted by atomic mass is 10.0. The van der Waals surface area contributed by atoms with Crippen LogP contribution in [0.2, 0.25) is 0 Å². The number of carboxylic acid groups (broad SMARTS) is 1. The van der Waals surface area contributed by atoms with Gasteiger partial charge in [-0.05, 0) is 38.5 Å². The number of nitrogens with one attached hydrogen (secondary N) is 1. The highest BCUT2D eigenvalue weighted by atomic mass is 19.1. The Morgan fingerprint density at radius 2 is 1.71 bits per heavy atom. The molecule has 0 fully saturated rings. The topological polar surface area (TPSA) is 116 Å². The molecule has 1 rings (SSSR count). The Morgan fingerprint density at radius 3 is 2.12 bits per heavy atom. The van der Waals surface area contributed by atoms with E-state index in [-0.39, 0.29) is 5.56 Å². The molecule has 24 heavy (non-hydrogen) atoms. The smallest absolute Gasteiger partial charge is 0.407 e. The Hall–Kier alpha value is -2.26. The lowest BCUT2D eigenvalue weighted by Gasteiger charge is -2.22. The minimum atomic E-state index is -1.79. The monoisotopic (exact) mass is 347 g/mol. The average Bonchev–Trinajstić information content (AvgIpc) is 2.40. The van der Waals surface area contributed by atoms with Crippen molar-refractivity contribution in [1.82, 2.24) is 5.32 Å². The first-order chi connectivity index (χ1) is 10.9. The van der Waals surface area contributed by atoms with Crippen LogP contribution in [0.5, 0.6) is 0 Å². The molecule has 0 aliphatic heterocycles. The number of aromatic carboxylic acids is 1. The molecule has 0 spiro atoms. The van der Waals surface area contributed by atoms with Gasteiger partial charge in [0.25, 0.3) is 0 Å². The van der Waals surface area contributed by atoms with Gasteiger partial charge >= 0.3 is 12.1 Å². The molecule has 2 unspecified atom stereocenters. The molecule has 134 valence electrons. The number of hydrogen-bond acceptors (Lipinski definition) is 5. The Morgan fingerprint density at radius 1 is 1.21 bits per heavy atom. The van der Waals surface area contributed by atoms with Gasteiger partial charge in [0.1, 0.15) is 35.0 Å². The van der Waals surface area contributed by atoms with Gasteiger partial charge in [-0.25, -0.2) is 18.4 Å². The van der Waals surface area contributed by atoms with Crippen molar-refractivity contribution in [3.63, 3.8) is 0 Å². The van der Waals surface area contributed by atoms with E-state index in [4.69, 9.17) is 9.84 Å². The molecule has 0 aliphatic carbocycles. The number of ether oxygens (including phenoxy) is 1. The fourth-order valence-corrected chi connectivity index (χ4v) is 1.80.